The van der Waals surface area contributed by atoms with Crippen LogP contribution in [-0.2, 0) is 0 Å². The predicted molar refractivity (Wildman–Crippen MR) is 45.8 cm³/mol. The van der Waals surface area contributed by atoms with E-state index in [9.17, 15) is 0 Å². The van der Waals surface area contributed by atoms with Crippen LogP contribution in [0.15, 0.2) is 9.98 Å². The number of hydrogen-bond acceptors (Lipinski definition) is 1. The van der Waals surface area contributed by atoms with Gasteiger partial charge in [0.1, 0.15) is 5.17 Å². The van der Waals surface area contributed by atoms with Gasteiger partial charge in [0, 0.05) is 0 Å². The van der Waals surface area contributed by atoms with Gasteiger partial charge in [-0.25, -0.2) is 4.99 Å². The van der Waals surface area contributed by atoms with Crippen molar-refractivity contribution < 1.29 is 0 Å². The average molecular weight is 200 g/mol. The molecule has 0 aromatic carbocycles. The van der Waals surface area contributed by atoms with E-state index >= 15 is 0 Å². The van der Waals surface area contributed by atoms with E-state index in [4.69, 9.17) is 40.2 Å². The van der Waals surface area contributed by atoms with Crippen molar-refractivity contribution in [3.63, 3.8) is 0 Å². The fraction of sp³-hybridized carbons (Fsp3) is 0.250. The Morgan fingerprint density at radius 1 is 1.20 bits per heavy atom. The van der Waals surface area contributed by atoms with Crippen molar-refractivity contribution in [2.45, 2.75) is 6.92 Å². The number of amidine groups is 2. The smallest absolute Gasteiger partial charge is 0.226 e. The second-order valence-electron chi connectivity index (χ2n) is 1.28. The number of halogens is 3. The van der Waals surface area contributed by atoms with Gasteiger partial charge < -0.3 is 0 Å². The highest BCUT2D eigenvalue weighted by atomic mass is 35.5. The molecule has 0 rings (SSSR count). The summed E-state index contributed by atoms with van der Waals surface area (Å²) >= 11 is 15.7. The Balaban J connectivity index is 4.22. The second-order valence-corrected chi connectivity index (χ2v) is 2.52. The summed E-state index contributed by atoms with van der Waals surface area (Å²) in [4.78, 5) is 6.77. The zero-order valence-electron chi connectivity index (χ0n) is 5.03. The van der Waals surface area contributed by atoms with E-state index < -0.39 is 5.29 Å². The molecule has 3 nitrogen and oxygen atoms in total. The van der Waals surface area contributed by atoms with Crippen molar-refractivity contribution in [1.82, 2.24) is 0 Å². The molecule has 0 heterocycles. The molecule has 0 saturated heterocycles. The highest BCUT2D eigenvalue weighted by Gasteiger charge is 1.91. The first-order chi connectivity index (χ1) is 4.52. The standard InChI is InChI=1S/C4H4Cl3N3/c1-2(5)9-4(7)10-3(6)8/h8H,1H3/b8-3?,9-2+,10-4-. The van der Waals surface area contributed by atoms with Crippen LogP contribution in [0.4, 0.5) is 0 Å². The van der Waals surface area contributed by atoms with Crippen molar-refractivity contribution >= 4 is 50.6 Å². The minimum absolute atomic E-state index is 0.146. The first-order valence-corrected chi connectivity index (χ1v) is 3.35. The van der Waals surface area contributed by atoms with E-state index in [1.54, 1.807) is 0 Å². The SMILES string of the molecule is C/C(Cl)=N\C(Cl)=N/C(=N)Cl. The van der Waals surface area contributed by atoms with Crippen molar-refractivity contribution in [1.29, 1.82) is 5.41 Å². The number of rotatable bonds is 0. The van der Waals surface area contributed by atoms with Gasteiger partial charge in [-0.3, -0.25) is 5.41 Å². The maximum atomic E-state index is 6.65. The molecule has 6 heteroatoms. The van der Waals surface area contributed by atoms with Crippen LogP contribution >= 0.6 is 34.8 Å². The van der Waals surface area contributed by atoms with E-state index in [0.29, 0.717) is 0 Å². The molecule has 0 amide bonds. The largest absolute Gasteiger partial charge is 0.272 e. The first kappa shape index (κ1) is 9.88. The lowest BCUT2D eigenvalue weighted by molar-refractivity contribution is 1.49. The number of nitrogens with one attached hydrogen (secondary N) is 1. The summed E-state index contributed by atoms with van der Waals surface area (Å²) in [6, 6.07) is 0. The van der Waals surface area contributed by atoms with Crippen LogP contribution in [0.3, 0.4) is 0 Å². The van der Waals surface area contributed by atoms with Gasteiger partial charge in [-0.2, -0.15) is 4.99 Å². The molecule has 0 fully saturated rings. The quantitative estimate of drug-likeness (QED) is 0.355. The lowest BCUT2D eigenvalue weighted by atomic mass is 10.9. The number of aliphatic imine (C=N–C) groups is 2. The molecule has 0 atom stereocenters. The Bertz CT molecular complexity index is 192. The van der Waals surface area contributed by atoms with Crippen LogP contribution in [0.25, 0.3) is 0 Å². The fourth-order valence-corrected chi connectivity index (χ4v) is 0.691. The zero-order chi connectivity index (χ0) is 8.15. The van der Waals surface area contributed by atoms with Gasteiger partial charge in [0.25, 0.3) is 0 Å². The van der Waals surface area contributed by atoms with Gasteiger partial charge in [-0.05, 0) is 30.1 Å². The second kappa shape index (κ2) is 4.66. The Morgan fingerprint density at radius 3 is 2.00 bits per heavy atom. The highest BCUT2D eigenvalue weighted by Crippen LogP contribution is 1.95. The Kier molecular flexibility index (Phi) is 4.60. The van der Waals surface area contributed by atoms with E-state index in [2.05, 4.69) is 9.98 Å². The molecule has 10 heavy (non-hydrogen) atoms. The van der Waals surface area contributed by atoms with Crippen LogP contribution in [0.1, 0.15) is 6.92 Å². The fourth-order valence-electron chi connectivity index (χ4n) is 0.233. The third kappa shape index (κ3) is 6.01. The normalized spacial score (nSPS) is 13.6. The summed E-state index contributed by atoms with van der Waals surface area (Å²) in [7, 11) is 0. The maximum Gasteiger partial charge on any atom is 0.226 e. The molecule has 1 N–H and O–H groups in total. The van der Waals surface area contributed by atoms with E-state index in [-0.39, 0.29) is 10.5 Å². The Hall–Kier alpha value is -0.120. The van der Waals surface area contributed by atoms with Crippen molar-refractivity contribution in [3.05, 3.63) is 0 Å². The van der Waals surface area contributed by atoms with Crippen LogP contribution in [0, 0.1) is 5.41 Å². The summed E-state index contributed by atoms with van der Waals surface area (Å²) in [5.41, 5.74) is 0. The summed E-state index contributed by atoms with van der Waals surface area (Å²) in [5.74, 6) is 0. The monoisotopic (exact) mass is 199 g/mol. The van der Waals surface area contributed by atoms with Crippen LogP contribution in [0.2, 0.25) is 0 Å². The van der Waals surface area contributed by atoms with E-state index in [1.807, 2.05) is 0 Å². The molecule has 0 aromatic heterocycles. The molecular weight excluding hydrogens is 196 g/mol. The van der Waals surface area contributed by atoms with Crippen LogP contribution in [0.5, 0.6) is 0 Å². The summed E-state index contributed by atoms with van der Waals surface area (Å²) in [6.45, 7) is 1.54. The number of hydrogen-bond donors (Lipinski definition) is 1. The van der Waals surface area contributed by atoms with E-state index in [1.165, 1.54) is 6.92 Å². The lowest BCUT2D eigenvalue weighted by Gasteiger charge is -1.86. The minimum Gasteiger partial charge on any atom is -0.272 e. The van der Waals surface area contributed by atoms with Gasteiger partial charge in [0.15, 0.2) is 0 Å². The topological polar surface area (TPSA) is 48.6 Å². The lowest BCUT2D eigenvalue weighted by Crippen LogP contribution is -1.88. The van der Waals surface area contributed by atoms with Crippen LogP contribution < -0.4 is 0 Å². The van der Waals surface area contributed by atoms with Crippen LogP contribution in [-0.4, -0.2) is 15.8 Å². The molecular formula is C4H4Cl3N3. The predicted octanol–water partition coefficient (Wildman–Crippen LogP) is 2.41. The van der Waals surface area contributed by atoms with Gasteiger partial charge in [0.05, 0.1) is 0 Å². The molecule has 0 unspecified atom stereocenters. The molecule has 0 aliphatic carbocycles. The molecule has 0 aliphatic heterocycles. The van der Waals surface area contributed by atoms with Crippen molar-refractivity contribution in [3.8, 4) is 0 Å². The molecule has 0 saturated carbocycles. The van der Waals surface area contributed by atoms with Gasteiger partial charge in [-0.1, -0.05) is 11.6 Å². The zero-order valence-corrected chi connectivity index (χ0v) is 7.30. The Morgan fingerprint density at radius 2 is 1.70 bits per heavy atom. The third-order valence-electron chi connectivity index (χ3n) is 0.437. The molecule has 0 radical (unpaired) electrons. The first-order valence-electron chi connectivity index (χ1n) is 2.21. The Labute approximate surface area is 73.2 Å². The molecule has 0 bridgehead atoms. The van der Waals surface area contributed by atoms with Gasteiger partial charge >= 0.3 is 0 Å². The summed E-state index contributed by atoms with van der Waals surface area (Å²) in [6.07, 6.45) is 0. The third-order valence-corrected chi connectivity index (χ3v) is 0.775. The number of nitrogens with zero attached hydrogens (tertiary/aromatic N) is 2. The van der Waals surface area contributed by atoms with Crippen molar-refractivity contribution in [2.24, 2.45) is 9.98 Å². The highest BCUT2D eigenvalue weighted by molar-refractivity contribution is 6.73. The minimum atomic E-state index is -0.424. The molecule has 0 aliphatic rings. The van der Waals surface area contributed by atoms with Crippen molar-refractivity contribution in [2.75, 3.05) is 0 Å². The molecule has 0 aromatic rings. The van der Waals surface area contributed by atoms with E-state index in [0.717, 1.165) is 0 Å². The average Bonchev–Trinajstić information content (AvgIpc) is 1.58. The van der Waals surface area contributed by atoms with Gasteiger partial charge in [0.2, 0.25) is 10.6 Å². The molecule has 56 valence electrons. The maximum absolute atomic E-state index is 6.65. The van der Waals surface area contributed by atoms with Gasteiger partial charge in [-0.15, -0.1) is 0 Å². The summed E-state index contributed by atoms with van der Waals surface area (Å²) < 4.78 is 0. The summed E-state index contributed by atoms with van der Waals surface area (Å²) in [5, 5.41) is 6.32. The molecule has 0 spiro atoms.